The number of anilines is 1. The van der Waals surface area contributed by atoms with Crippen molar-refractivity contribution < 1.29 is 9.59 Å². The average molecular weight is 262 g/mol. The van der Waals surface area contributed by atoms with Crippen LogP contribution in [0.25, 0.3) is 0 Å². The van der Waals surface area contributed by atoms with Gasteiger partial charge in [-0.1, -0.05) is 19.9 Å². The van der Waals surface area contributed by atoms with Crippen molar-refractivity contribution in [3.63, 3.8) is 0 Å². The molecular formula is C13H18N4O2. The minimum absolute atomic E-state index is 0.106. The third-order valence-corrected chi connectivity index (χ3v) is 2.23. The predicted octanol–water partition coefficient (Wildman–Crippen LogP) is 1.56. The molecule has 1 rings (SSSR count). The second kappa shape index (κ2) is 7.25. The van der Waals surface area contributed by atoms with E-state index in [4.69, 9.17) is 0 Å². The largest absolute Gasteiger partial charge is 0.310 e. The molecule has 0 aliphatic heterocycles. The van der Waals surface area contributed by atoms with Gasteiger partial charge in [0, 0.05) is 17.8 Å². The normalized spacial score (nSPS) is 11.3. The van der Waals surface area contributed by atoms with Crippen LogP contribution >= 0.6 is 0 Å². The van der Waals surface area contributed by atoms with Gasteiger partial charge in [0.2, 0.25) is 11.8 Å². The Hall–Kier alpha value is -2.24. The van der Waals surface area contributed by atoms with Gasteiger partial charge in [0.1, 0.15) is 5.82 Å². The number of hydrazone groups is 1. The van der Waals surface area contributed by atoms with Gasteiger partial charge in [-0.25, -0.2) is 10.4 Å². The molecule has 1 aromatic rings. The third kappa shape index (κ3) is 5.76. The zero-order chi connectivity index (χ0) is 14.3. The molecule has 6 heteroatoms. The molecule has 0 aliphatic carbocycles. The number of pyridine rings is 1. The van der Waals surface area contributed by atoms with Gasteiger partial charge in [-0.2, -0.15) is 5.10 Å². The molecule has 0 spiro atoms. The monoisotopic (exact) mass is 262 g/mol. The lowest BCUT2D eigenvalue weighted by Gasteiger charge is -2.05. The highest BCUT2D eigenvalue weighted by molar-refractivity contribution is 6.05. The Bertz CT molecular complexity index is 469. The Morgan fingerprint density at radius 3 is 2.68 bits per heavy atom. The smallest absolute Gasteiger partial charge is 0.242 e. The van der Waals surface area contributed by atoms with E-state index >= 15 is 0 Å². The summed E-state index contributed by atoms with van der Waals surface area (Å²) in [6, 6.07) is 5.25. The fourth-order valence-corrected chi connectivity index (χ4v) is 1.18. The molecule has 0 saturated heterocycles. The predicted molar refractivity (Wildman–Crippen MR) is 73.6 cm³/mol. The number of nitrogens with one attached hydrogen (secondary N) is 2. The van der Waals surface area contributed by atoms with Crippen molar-refractivity contribution in [3.05, 3.63) is 24.4 Å². The molecule has 0 fully saturated rings. The molecule has 1 heterocycles. The standard InChI is InChI=1S/C13H18N4O2/c1-9(2)13(19)17-16-10(3)8-12(18)15-11-6-4-5-7-14-11/h4-7,9H,8H2,1-3H3,(H,17,19)(H,14,15,18). The van der Waals surface area contributed by atoms with E-state index in [9.17, 15) is 9.59 Å². The summed E-state index contributed by atoms with van der Waals surface area (Å²) >= 11 is 0. The van der Waals surface area contributed by atoms with Gasteiger partial charge in [0.05, 0.1) is 6.42 Å². The van der Waals surface area contributed by atoms with Crippen LogP contribution in [-0.4, -0.2) is 22.5 Å². The zero-order valence-corrected chi connectivity index (χ0v) is 11.3. The number of nitrogens with zero attached hydrogens (tertiary/aromatic N) is 2. The number of amides is 2. The maximum Gasteiger partial charge on any atom is 0.242 e. The first kappa shape index (κ1) is 14.8. The Kier molecular flexibility index (Phi) is 5.66. The van der Waals surface area contributed by atoms with Crippen LogP contribution in [0.5, 0.6) is 0 Å². The van der Waals surface area contributed by atoms with E-state index in [1.54, 1.807) is 45.2 Å². The molecule has 0 atom stereocenters. The fourth-order valence-electron chi connectivity index (χ4n) is 1.18. The Morgan fingerprint density at radius 1 is 1.37 bits per heavy atom. The SMILES string of the molecule is CC(CC(=O)Nc1ccccn1)=NNC(=O)C(C)C. The summed E-state index contributed by atoms with van der Waals surface area (Å²) in [6.45, 7) is 5.22. The van der Waals surface area contributed by atoms with Crippen molar-refractivity contribution in [1.82, 2.24) is 10.4 Å². The molecule has 2 amide bonds. The lowest BCUT2D eigenvalue weighted by Crippen LogP contribution is -2.25. The number of aromatic nitrogens is 1. The third-order valence-electron chi connectivity index (χ3n) is 2.23. The quantitative estimate of drug-likeness (QED) is 0.624. The lowest BCUT2D eigenvalue weighted by atomic mass is 10.2. The molecule has 0 radical (unpaired) electrons. The molecule has 0 bridgehead atoms. The summed E-state index contributed by atoms with van der Waals surface area (Å²) in [5.74, 6) is -0.0476. The zero-order valence-electron chi connectivity index (χ0n) is 11.3. The molecule has 102 valence electrons. The first-order valence-electron chi connectivity index (χ1n) is 6.03. The van der Waals surface area contributed by atoms with Crippen LogP contribution in [0.1, 0.15) is 27.2 Å². The number of carbonyl (C=O) groups excluding carboxylic acids is 2. The molecule has 2 N–H and O–H groups in total. The van der Waals surface area contributed by atoms with Gasteiger partial charge in [-0.3, -0.25) is 9.59 Å². The second-order valence-electron chi connectivity index (χ2n) is 4.42. The van der Waals surface area contributed by atoms with Crippen LogP contribution in [0.4, 0.5) is 5.82 Å². The highest BCUT2D eigenvalue weighted by Gasteiger charge is 2.07. The Balaban J connectivity index is 2.44. The first-order valence-corrected chi connectivity index (χ1v) is 6.03. The minimum Gasteiger partial charge on any atom is -0.310 e. The summed E-state index contributed by atoms with van der Waals surface area (Å²) in [5.41, 5.74) is 2.93. The van der Waals surface area contributed by atoms with Crippen molar-refractivity contribution in [2.45, 2.75) is 27.2 Å². The topological polar surface area (TPSA) is 83.4 Å². The Morgan fingerprint density at radius 2 is 2.11 bits per heavy atom. The van der Waals surface area contributed by atoms with Crippen molar-refractivity contribution in [2.75, 3.05) is 5.32 Å². The number of carbonyl (C=O) groups is 2. The van der Waals surface area contributed by atoms with Gasteiger partial charge in [-0.05, 0) is 19.1 Å². The van der Waals surface area contributed by atoms with Crippen LogP contribution in [0.15, 0.2) is 29.5 Å². The average Bonchev–Trinajstić information content (AvgIpc) is 2.36. The van der Waals surface area contributed by atoms with Crippen molar-refractivity contribution in [3.8, 4) is 0 Å². The van der Waals surface area contributed by atoms with Crippen molar-refractivity contribution >= 4 is 23.3 Å². The first-order chi connectivity index (χ1) is 8.99. The number of rotatable bonds is 5. The molecule has 19 heavy (non-hydrogen) atoms. The summed E-state index contributed by atoms with van der Waals surface area (Å²) in [6.07, 6.45) is 1.70. The van der Waals surface area contributed by atoms with Crippen LogP contribution in [0.2, 0.25) is 0 Å². The molecular weight excluding hydrogens is 244 g/mol. The van der Waals surface area contributed by atoms with E-state index in [-0.39, 0.29) is 24.2 Å². The summed E-state index contributed by atoms with van der Waals surface area (Å²) in [4.78, 5) is 26.9. The van der Waals surface area contributed by atoms with E-state index in [1.807, 2.05) is 0 Å². The van der Waals surface area contributed by atoms with Gasteiger partial charge in [0.15, 0.2) is 0 Å². The molecule has 0 saturated carbocycles. The van der Waals surface area contributed by atoms with E-state index in [0.29, 0.717) is 11.5 Å². The van der Waals surface area contributed by atoms with Crippen molar-refractivity contribution in [2.24, 2.45) is 11.0 Å². The lowest BCUT2D eigenvalue weighted by molar-refractivity contribution is -0.124. The highest BCUT2D eigenvalue weighted by Crippen LogP contribution is 2.01. The maximum atomic E-state index is 11.7. The minimum atomic E-state index is -0.223. The van der Waals surface area contributed by atoms with Gasteiger partial charge in [-0.15, -0.1) is 0 Å². The second-order valence-corrected chi connectivity index (χ2v) is 4.42. The van der Waals surface area contributed by atoms with Crippen LogP contribution < -0.4 is 10.7 Å². The van der Waals surface area contributed by atoms with E-state index in [1.165, 1.54) is 0 Å². The van der Waals surface area contributed by atoms with Crippen LogP contribution in [0.3, 0.4) is 0 Å². The number of hydrogen-bond donors (Lipinski definition) is 2. The van der Waals surface area contributed by atoms with Gasteiger partial charge >= 0.3 is 0 Å². The molecule has 0 aliphatic rings. The van der Waals surface area contributed by atoms with Crippen LogP contribution in [0, 0.1) is 5.92 Å². The van der Waals surface area contributed by atoms with Gasteiger partial charge < -0.3 is 5.32 Å². The molecule has 0 unspecified atom stereocenters. The van der Waals surface area contributed by atoms with Crippen molar-refractivity contribution in [1.29, 1.82) is 0 Å². The maximum absolute atomic E-state index is 11.7. The fraction of sp³-hybridized carbons (Fsp3) is 0.385. The number of hydrogen-bond acceptors (Lipinski definition) is 4. The van der Waals surface area contributed by atoms with E-state index in [0.717, 1.165) is 0 Å². The van der Waals surface area contributed by atoms with Gasteiger partial charge in [0.25, 0.3) is 0 Å². The Labute approximate surface area is 112 Å². The van der Waals surface area contributed by atoms with E-state index < -0.39 is 0 Å². The molecule has 1 aromatic heterocycles. The summed E-state index contributed by atoms with van der Waals surface area (Å²) in [5, 5.41) is 6.50. The summed E-state index contributed by atoms with van der Waals surface area (Å²) < 4.78 is 0. The molecule has 6 nitrogen and oxygen atoms in total. The highest BCUT2D eigenvalue weighted by atomic mass is 16.2. The molecule has 0 aromatic carbocycles. The summed E-state index contributed by atoms with van der Waals surface area (Å²) in [7, 11) is 0. The van der Waals surface area contributed by atoms with Crippen LogP contribution in [-0.2, 0) is 9.59 Å². The van der Waals surface area contributed by atoms with E-state index in [2.05, 4.69) is 20.8 Å².